The number of sulfonamides is 1. The fourth-order valence-electron chi connectivity index (χ4n) is 1.29. The zero-order valence-corrected chi connectivity index (χ0v) is 12.0. The van der Waals surface area contributed by atoms with E-state index < -0.39 is 22.4 Å². The highest BCUT2D eigenvalue weighted by molar-refractivity contribution is 7.89. The molecule has 0 aliphatic carbocycles. The monoisotopic (exact) mass is 301 g/mol. The second kappa shape index (κ2) is 7.36. The second-order valence-corrected chi connectivity index (χ2v) is 5.77. The Labute approximate surface area is 117 Å². The molecular formula is C13H16FNO4S. The summed E-state index contributed by atoms with van der Waals surface area (Å²) in [6.07, 6.45) is -0.288. The molecule has 0 fully saturated rings. The average molecular weight is 301 g/mol. The maximum absolute atomic E-state index is 13.7. The van der Waals surface area contributed by atoms with Crippen LogP contribution in [0.2, 0.25) is 0 Å². The Bertz CT molecular complexity index is 619. The zero-order valence-electron chi connectivity index (χ0n) is 11.2. The molecule has 1 aromatic rings. The molecule has 7 heteroatoms. The van der Waals surface area contributed by atoms with Gasteiger partial charge in [-0.25, -0.2) is 17.5 Å². The van der Waals surface area contributed by atoms with Gasteiger partial charge < -0.3 is 9.84 Å². The number of halogens is 1. The van der Waals surface area contributed by atoms with Crippen molar-refractivity contribution >= 4 is 10.0 Å². The van der Waals surface area contributed by atoms with Gasteiger partial charge in [0.15, 0.2) is 0 Å². The molecule has 0 saturated heterocycles. The first-order chi connectivity index (χ1) is 9.40. The van der Waals surface area contributed by atoms with Crippen molar-refractivity contribution < 1.29 is 22.7 Å². The van der Waals surface area contributed by atoms with Crippen LogP contribution in [0.25, 0.3) is 0 Å². The summed E-state index contributed by atoms with van der Waals surface area (Å²) < 4.78 is 44.8. The van der Waals surface area contributed by atoms with Crippen molar-refractivity contribution in [1.29, 1.82) is 0 Å². The Hall–Kier alpha value is -1.46. The molecule has 0 saturated carbocycles. The molecule has 0 aromatic heterocycles. The first-order valence-electron chi connectivity index (χ1n) is 5.82. The Morgan fingerprint density at radius 1 is 1.50 bits per heavy atom. The maximum Gasteiger partial charge on any atom is 0.240 e. The lowest BCUT2D eigenvalue weighted by molar-refractivity contribution is 0.122. The standard InChI is InChI=1S/C13H16FNO4S/c1-10(19-2)9-15-20(17,18)12-6-5-11(4-3-7-16)13(14)8-12/h5-6,8,10,15-16H,7,9H2,1-2H3. The molecule has 0 amide bonds. The third kappa shape index (κ3) is 4.58. The van der Waals surface area contributed by atoms with Crippen molar-refractivity contribution in [3.63, 3.8) is 0 Å². The number of ether oxygens (including phenoxy) is 1. The van der Waals surface area contributed by atoms with Gasteiger partial charge in [-0.1, -0.05) is 11.8 Å². The summed E-state index contributed by atoms with van der Waals surface area (Å²) in [6, 6.07) is 3.40. The number of aliphatic hydroxyl groups excluding tert-OH is 1. The smallest absolute Gasteiger partial charge is 0.240 e. The van der Waals surface area contributed by atoms with Crippen LogP contribution in [-0.4, -0.2) is 39.9 Å². The van der Waals surface area contributed by atoms with Crippen molar-refractivity contribution in [3.05, 3.63) is 29.6 Å². The number of aliphatic hydroxyl groups is 1. The topological polar surface area (TPSA) is 75.6 Å². The van der Waals surface area contributed by atoms with Crippen LogP contribution in [0.1, 0.15) is 12.5 Å². The summed E-state index contributed by atoms with van der Waals surface area (Å²) in [6.45, 7) is 1.40. The quantitative estimate of drug-likeness (QED) is 0.776. The molecule has 1 unspecified atom stereocenters. The van der Waals surface area contributed by atoms with E-state index in [0.29, 0.717) is 0 Å². The predicted molar refractivity (Wildman–Crippen MR) is 72.0 cm³/mol. The van der Waals surface area contributed by atoms with Crippen molar-refractivity contribution in [2.75, 3.05) is 20.3 Å². The van der Waals surface area contributed by atoms with Gasteiger partial charge in [-0.2, -0.15) is 0 Å². The molecule has 0 aliphatic rings. The fraction of sp³-hybridized carbons (Fsp3) is 0.385. The molecule has 0 radical (unpaired) electrons. The van der Waals surface area contributed by atoms with Crippen LogP contribution in [-0.2, 0) is 14.8 Å². The second-order valence-electron chi connectivity index (χ2n) is 4.00. The Morgan fingerprint density at radius 3 is 2.75 bits per heavy atom. The Morgan fingerprint density at radius 2 is 2.20 bits per heavy atom. The van der Waals surface area contributed by atoms with Gasteiger partial charge in [-0.05, 0) is 25.1 Å². The van der Waals surface area contributed by atoms with E-state index in [4.69, 9.17) is 9.84 Å². The first-order valence-corrected chi connectivity index (χ1v) is 7.30. The summed E-state index contributed by atoms with van der Waals surface area (Å²) in [5, 5.41) is 8.53. The van der Waals surface area contributed by atoms with Gasteiger partial charge in [0.05, 0.1) is 16.6 Å². The summed E-state index contributed by atoms with van der Waals surface area (Å²) in [4.78, 5) is -0.187. The maximum atomic E-state index is 13.7. The van der Waals surface area contributed by atoms with Crippen molar-refractivity contribution in [2.24, 2.45) is 0 Å². The van der Waals surface area contributed by atoms with Crippen LogP contribution in [0.5, 0.6) is 0 Å². The molecule has 1 rings (SSSR count). The molecule has 0 aliphatic heterocycles. The minimum Gasteiger partial charge on any atom is -0.384 e. The van der Waals surface area contributed by atoms with E-state index in [1.807, 2.05) is 0 Å². The van der Waals surface area contributed by atoms with Gasteiger partial charge >= 0.3 is 0 Å². The van der Waals surface area contributed by atoms with Crippen LogP contribution >= 0.6 is 0 Å². The summed E-state index contributed by atoms with van der Waals surface area (Å²) in [5.41, 5.74) is 0.0308. The van der Waals surface area contributed by atoms with E-state index in [1.165, 1.54) is 19.2 Å². The third-order valence-corrected chi connectivity index (χ3v) is 3.94. The van der Waals surface area contributed by atoms with E-state index in [2.05, 4.69) is 16.6 Å². The minimum atomic E-state index is -3.79. The van der Waals surface area contributed by atoms with Gasteiger partial charge in [0.25, 0.3) is 0 Å². The number of methoxy groups -OCH3 is 1. The van der Waals surface area contributed by atoms with Crippen LogP contribution < -0.4 is 4.72 Å². The summed E-state index contributed by atoms with van der Waals surface area (Å²) >= 11 is 0. The van der Waals surface area contributed by atoms with Gasteiger partial charge in [-0.3, -0.25) is 0 Å². The molecule has 5 nitrogen and oxygen atoms in total. The predicted octanol–water partition coefficient (Wildman–Crippen LogP) is 0.483. The molecular weight excluding hydrogens is 285 g/mol. The highest BCUT2D eigenvalue weighted by Crippen LogP contribution is 2.14. The highest BCUT2D eigenvalue weighted by Gasteiger charge is 2.16. The van der Waals surface area contributed by atoms with E-state index in [-0.39, 0.29) is 23.1 Å². The summed E-state index contributed by atoms with van der Waals surface area (Å²) in [5.74, 6) is 3.93. The fourth-order valence-corrected chi connectivity index (χ4v) is 2.42. The van der Waals surface area contributed by atoms with E-state index in [9.17, 15) is 12.8 Å². The molecule has 0 heterocycles. The van der Waals surface area contributed by atoms with Crippen LogP contribution in [0.15, 0.2) is 23.1 Å². The largest absolute Gasteiger partial charge is 0.384 e. The number of benzene rings is 1. The molecule has 110 valence electrons. The molecule has 1 aromatic carbocycles. The molecule has 1 atom stereocenters. The number of rotatable bonds is 5. The van der Waals surface area contributed by atoms with E-state index in [0.717, 1.165) is 6.07 Å². The Balaban J connectivity index is 2.94. The van der Waals surface area contributed by atoms with Gasteiger partial charge in [-0.15, -0.1) is 0 Å². The Kier molecular flexibility index (Phi) is 6.10. The molecule has 20 heavy (non-hydrogen) atoms. The lowest BCUT2D eigenvalue weighted by atomic mass is 10.2. The first kappa shape index (κ1) is 16.6. The molecule has 2 N–H and O–H groups in total. The highest BCUT2D eigenvalue weighted by atomic mass is 32.2. The zero-order chi connectivity index (χ0) is 15.2. The minimum absolute atomic E-state index is 0.0308. The van der Waals surface area contributed by atoms with Gasteiger partial charge in [0, 0.05) is 13.7 Å². The van der Waals surface area contributed by atoms with Crippen LogP contribution in [0.3, 0.4) is 0 Å². The van der Waals surface area contributed by atoms with Gasteiger partial charge in [0.1, 0.15) is 12.4 Å². The number of hydrogen-bond donors (Lipinski definition) is 2. The lowest BCUT2D eigenvalue weighted by Crippen LogP contribution is -2.31. The normalized spacial score (nSPS) is 12.6. The average Bonchev–Trinajstić information content (AvgIpc) is 2.43. The van der Waals surface area contributed by atoms with Crippen molar-refractivity contribution in [1.82, 2.24) is 4.72 Å². The number of hydrogen-bond acceptors (Lipinski definition) is 4. The summed E-state index contributed by atoms with van der Waals surface area (Å²) in [7, 11) is -2.33. The number of nitrogens with one attached hydrogen (secondary N) is 1. The molecule has 0 bridgehead atoms. The SMILES string of the molecule is COC(C)CNS(=O)(=O)c1ccc(C#CCO)c(F)c1. The molecule has 0 spiro atoms. The van der Waals surface area contributed by atoms with E-state index >= 15 is 0 Å². The van der Waals surface area contributed by atoms with Crippen LogP contribution in [0, 0.1) is 17.7 Å². The third-order valence-electron chi connectivity index (χ3n) is 2.52. The van der Waals surface area contributed by atoms with Gasteiger partial charge in [0.2, 0.25) is 10.0 Å². The van der Waals surface area contributed by atoms with Crippen LogP contribution in [0.4, 0.5) is 4.39 Å². The lowest BCUT2D eigenvalue weighted by Gasteiger charge is -2.11. The van der Waals surface area contributed by atoms with Crippen molar-refractivity contribution in [2.45, 2.75) is 17.9 Å². The van der Waals surface area contributed by atoms with Crippen molar-refractivity contribution in [3.8, 4) is 11.8 Å². The van der Waals surface area contributed by atoms with E-state index in [1.54, 1.807) is 6.92 Å².